The second kappa shape index (κ2) is 4.55. The van der Waals surface area contributed by atoms with Crippen molar-refractivity contribution < 1.29 is 4.79 Å². The Morgan fingerprint density at radius 1 is 1.38 bits per heavy atom. The quantitative estimate of drug-likeness (QED) is 0.859. The Balaban J connectivity index is 2.12. The predicted octanol–water partition coefficient (Wildman–Crippen LogP) is 2.27. The van der Waals surface area contributed by atoms with Crippen LogP contribution in [0.3, 0.4) is 0 Å². The van der Waals surface area contributed by atoms with Gasteiger partial charge in [0.25, 0.3) is 5.91 Å². The van der Waals surface area contributed by atoms with Crippen LogP contribution >= 0.6 is 11.3 Å². The van der Waals surface area contributed by atoms with Gasteiger partial charge in [0.1, 0.15) is 0 Å². The first-order valence-electron chi connectivity index (χ1n) is 4.50. The summed E-state index contributed by atoms with van der Waals surface area (Å²) < 4.78 is 0. The lowest BCUT2D eigenvalue weighted by Gasteiger charge is -2.00. The van der Waals surface area contributed by atoms with Gasteiger partial charge in [-0.2, -0.15) is 5.26 Å². The molecule has 0 aliphatic carbocycles. The molecule has 0 bridgehead atoms. The molecule has 0 aliphatic heterocycles. The number of rotatable bonds is 2. The van der Waals surface area contributed by atoms with Gasteiger partial charge in [0, 0.05) is 17.1 Å². The topological polar surface area (TPSA) is 65.8 Å². The van der Waals surface area contributed by atoms with Crippen LogP contribution in [0.15, 0.2) is 35.8 Å². The van der Waals surface area contributed by atoms with E-state index in [1.54, 1.807) is 35.8 Å². The number of hydrogen-bond acceptors (Lipinski definition) is 4. The van der Waals surface area contributed by atoms with Crippen molar-refractivity contribution in [3.05, 3.63) is 47.0 Å². The second-order valence-corrected chi connectivity index (χ2v) is 3.88. The molecule has 0 unspecified atom stereocenters. The van der Waals surface area contributed by atoms with Gasteiger partial charge in [-0.05, 0) is 24.3 Å². The van der Waals surface area contributed by atoms with Gasteiger partial charge in [-0.1, -0.05) is 0 Å². The molecule has 0 fully saturated rings. The van der Waals surface area contributed by atoms with Gasteiger partial charge in [0.15, 0.2) is 5.13 Å². The maximum atomic E-state index is 11.7. The van der Waals surface area contributed by atoms with Crippen LogP contribution in [-0.4, -0.2) is 10.9 Å². The highest BCUT2D eigenvalue weighted by Gasteiger charge is 2.06. The summed E-state index contributed by atoms with van der Waals surface area (Å²) in [4.78, 5) is 15.6. The molecule has 0 saturated heterocycles. The Hall–Kier alpha value is -2.19. The molecule has 4 nitrogen and oxygen atoms in total. The number of nitrogens with zero attached hydrogens (tertiary/aromatic N) is 2. The zero-order chi connectivity index (χ0) is 11.4. The Morgan fingerprint density at radius 2 is 2.12 bits per heavy atom. The summed E-state index contributed by atoms with van der Waals surface area (Å²) in [7, 11) is 0. The molecule has 1 heterocycles. The van der Waals surface area contributed by atoms with Crippen LogP contribution in [-0.2, 0) is 0 Å². The van der Waals surface area contributed by atoms with Crippen molar-refractivity contribution in [3.63, 3.8) is 0 Å². The Bertz CT molecular complexity index is 525. The van der Waals surface area contributed by atoms with E-state index < -0.39 is 0 Å². The van der Waals surface area contributed by atoms with Crippen LogP contribution in [0.2, 0.25) is 0 Å². The first-order chi connectivity index (χ1) is 7.79. The van der Waals surface area contributed by atoms with Crippen molar-refractivity contribution in [1.82, 2.24) is 4.98 Å². The number of thiazole rings is 1. The highest BCUT2D eigenvalue weighted by atomic mass is 32.1. The van der Waals surface area contributed by atoms with Crippen LogP contribution in [0.25, 0.3) is 0 Å². The third-order valence-corrected chi connectivity index (χ3v) is 2.62. The third-order valence-electron chi connectivity index (χ3n) is 1.93. The van der Waals surface area contributed by atoms with Crippen molar-refractivity contribution in [3.8, 4) is 6.07 Å². The van der Waals surface area contributed by atoms with E-state index in [0.717, 1.165) is 0 Å². The number of carbonyl (C=O) groups is 1. The number of carbonyl (C=O) groups excluding carboxylic acids is 1. The third kappa shape index (κ3) is 2.24. The molecule has 0 saturated carbocycles. The summed E-state index contributed by atoms with van der Waals surface area (Å²) >= 11 is 1.36. The molecule has 78 valence electrons. The van der Waals surface area contributed by atoms with Crippen molar-refractivity contribution >= 4 is 22.4 Å². The van der Waals surface area contributed by atoms with Crippen molar-refractivity contribution in [2.45, 2.75) is 0 Å². The summed E-state index contributed by atoms with van der Waals surface area (Å²) in [5.41, 5.74) is 1.04. The minimum Gasteiger partial charge on any atom is -0.298 e. The minimum atomic E-state index is -0.223. The molecule has 0 atom stereocenters. The maximum absolute atomic E-state index is 11.7. The molecule has 0 spiro atoms. The largest absolute Gasteiger partial charge is 0.298 e. The molecule has 5 heteroatoms. The molecule has 16 heavy (non-hydrogen) atoms. The fourth-order valence-electron chi connectivity index (χ4n) is 1.15. The Kier molecular flexibility index (Phi) is 2.94. The lowest BCUT2D eigenvalue weighted by atomic mass is 10.1. The first-order valence-corrected chi connectivity index (χ1v) is 5.38. The number of anilines is 1. The van der Waals surface area contributed by atoms with E-state index in [4.69, 9.17) is 5.26 Å². The first kappa shape index (κ1) is 10.3. The highest BCUT2D eigenvalue weighted by Crippen LogP contribution is 2.12. The average molecular weight is 229 g/mol. The smallest absolute Gasteiger partial charge is 0.257 e. The Morgan fingerprint density at radius 3 is 2.69 bits per heavy atom. The molecular formula is C11H7N3OS. The number of amides is 1. The van der Waals surface area contributed by atoms with Gasteiger partial charge in [-0.3, -0.25) is 10.1 Å². The SMILES string of the molecule is N#Cc1ccc(C(=O)Nc2nccs2)cc1. The molecule has 1 N–H and O–H groups in total. The fraction of sp³-hybridized carbons (Fsp3) is 0. The van der Waals surface area contributed by atoms with Gasteiger partial charge in [0.05, 0.1) is 11.6 Å². The zero-order valence-corrected chi connectivity index (χ0v) is 8.99. The lowest BCUT2D eigenvalue weighted by molar-refractivity contribution is 0.102. The van der Waals surface area contributed by atoms with Crippen molar-refractivity contribution in [2.75, 3.05) is 5.32 Å². The van der Waals surface area contributed by atoms with Crippen LogP contribution in [0.4, 0.5) is 5.13 Å². The van der Waals surface area contributed by atoms with Gasteiger partial charge < -0.3 is 0 Å². The average Bonchev–Trinajstić information content (AvgIpc) is 2.82. The Labute approximate surface area is 96.2 Å². The van der Waals surface area contributed by atoms with Crippen LogP contribution < -0.4 is 5.32 Å². The van der Waals surface area contributed by atoms with Crippen molar-refractivity contribution in [1.29, 1.82) is 5.26 Å². The standard InChI is InChI=1S/C11H7N3OS/c12-7-8-1-3-9(4-2-8)10(15)14-11-13-5-6-16-11/h1-6H,(H,13,14,15). The molecule has 1 aromatic heterocycles. The van der Waals surface area contributed by atoms with E-state index >= 15 is 0 Å². The monoisotopic (exact) mass is 229 g/mol. The molecule has 2 rings (SSSR count). The van der Waals surface area contributed by atoms with E-state index in [2.05, 4.69) is 10.3 Å². The predicted molar refractivity (Wildman–Crippen MR) is 61.2 cm³/mol. The van der Waals surface area contributed by atoms with Gasteiger partial charge in [-0.15, -0.1) is 11.3 Å². The normalized spacial score (nSPS) is 9.44. The molecule has 1 aromatic carbocycles. The number of hydrogen-bond donors (Lipinski definition) is 1. The molecule has 0 radical (unpaired) electrons. The van der Waals surface area contributed by atoms with Crippen LogP contribution in [0.1, 0.15) is 15.9 Å². The van der Waals surface area contributed by atoms with Gasteiger partial charge in [-0.25, -0.2) is 4.98 Å². The number of nitrogens with one attached hydrogen (secondary N) is 1. The zero-order valence-electron chi connectivity index (χ0n) is 8.18. The van der Waals surface area contributed by atoms with Crippen LogP contribution in [0.5, 0.6) is 0 Å². The molecule has 0 aliphatic rings. The van der Waals surface area contributed by atoms with E-state index in [-0.39, 0.29) is 5.91 Å². The number of aromatic nitrogens is 1. The van der Waals surface area contributed by atoms with Crippen molar-refractivity contribution in [2.24, 2.45) is 0 Å². The van der Waals surface area contributed by atoms with E-state index in [9.17, 15) is 4.79 Å². The highest BCUT2D eigenvalue weighted by molar-refractivity contribution is 7.13. The van der Waals surface area contributed by atoms with Gasteiger partial charge in [0.2, 0.25) is 0 Å². The lowest BCUT2D eigenvalue weighted by Crippen LogP contribution is -2.11. The second-order valence-electron chi connectivity index (χ2n) is 2.98. The maximum Gasteiger partial charge on any atom is 0.257 e. The molecule has 1 amide bonds. The number of nitriles is 1. The molecule has 2 aromatic rings. The minimum absolute atomic E-state index is 0.223. The summed E-state index contributed by atoms with van der Waals surface area (Å²) in [6.45, 7) is 0. The van der Waals surface area contributed by atoms with Crippen LogP contribution in [0, 0.1) is 11.3 Å². The fourth-order valence-corrected chi connectivity index (χ4v) is 1.67. The summed E-state index contributed by atoms with van der Waals surface area (Å²) in [6.07, 6.45) is 1.62. The van der Waals surface area contributed by atoms with Gasteiger partial charge >= 0.3 is 0 Å². The summed E-state index contributed by atoms with van der Waals surface area (Å²) in [5, 5.41) is 13.6. The summed E-state index contributed by atoms with van der Waals surface area (Å²) in [6, 6.07) is 8.44. The van der Waals surface area contributed by atoms with E-state index in [0.29, 0.717) is 16.3 Å². The number of benzene rings is 1. The van der Waals surface area contributed by atoms with E-state index in [1.807, 2.05) is 6.07 Å². The summed E-state index contributed by atoms with van der Waals surface area (Å²) in [5.74, 6) is -0.223. The molecular weight excluding hydrogens is 222 g/mol. The van der Waals surface area contributed by atoms with E-state index in [1.165, 1.54) is 11.3 Å².